The van der Waals surface area contributed by atoms with Gasteiger partial charge in [-0.1, -0.05) is 77.3 Å². The molecular formula is C44H70S4Si2Sn. The Balaban J connectivity index is 0.000000201. The van der Waals surface area contributed by atoms with Gasteiger partial charge in [0.2, 0.25) is 0 Å². The fourth-order valence-corrected chi connectivity index (χ4v) is 33.0. The second kappa shape index (κ2) is 19.8. The number of hydrogen-bond acceptors (Lipinski definition) is 4. The van der Waals surface area contributed by atoms with Crippen LogP contribution < -0.4 is 23.6 Å². The third kappa shape index (κ3) is 9.53. The van der Waals surface area contributed by atoms with Crippen molar-refractivity contribution >= 4 is 104 Å². The van der Waals surface area contributed by atoms with Crippen molar-refractivity contribution < 1.29 is 0 Å². The predicted molar refractivity (Wildman–Crippen MR) is 249 cm³/mol. The van der Waals surface area contributed by atoms with Crippen molar-refractivity contribution in [2.24, 2.45) is 0 Å². The number of aryl methyl sites for hydroxylation is 1. The van der Waals surface area contributed by atoms with Gasteiger partial charge in [-0.05, 0) is 33.2 Å². The minimum absolute atomic E-state index is 1.35. The molecule has 0 aromatic carbocycles. The maximum absolute atomic E-state index is 2.77. The van der Waals surface area contributed by atoms with Crippen LogP contribution in [-0.2, 0) is 0 Å². The maximum atomic E-state index is 2.77. The summed E-state index contributed by atoms with van der Waals surface area (Å²) < 4.78 is 1.81. The summed E-state index contributed by atoms with van der Waals surface area (Å²) in [4.78, 5) is 16.1. The van der Waals surface area contributed by atoms with Crippen LogP contribution in [0.3, 0.4) is 0 Å². The Morgan fingerprint density at radius 3 is 1.27 bits per heavy atom. The van der Waals surface area contributed by atoms with Gasteiger partial charge in [0.1, 0.15) is 8.07 Å². The smallest absolute Gasteiger partial charge is 0.122 e. The molecular weight excluding hydrogens is 832 g/mol. The normalized spacial score (nSPS) is 15.0. The van der Waals surface area contributed by atoms with E-state index in [1.54, 1.807) is 34.8 Å². The molecule has 6 heterocycles. The first-order valence-electron chi connectivity index (χ1n) is 21.1. The topological polar surface area (TPSA) is 0 Å². The zero-order chi connectivity index (χ0) is 36.5. The molecule has 2 aliphatic rings. The molecule has 4 aromatic rings. The summed E-state index contributed by atoms with van der Waals surface area (Å²) in [6.07, 6.45) is 22.5. The summed E-state index contributed by atoms with van der Waals surface area (Å²) in [6, 6.07) is 16.4. The van der Waals surface area contributed by atoms with Gasteiger partial charge < -0.3 is 0 Å². The van der Waals surface area contributed by atoms with Crippen LogP contribution in [0.25, 0.3) is 19.5 Å². The van der Waals surface area contributed by atoms with Crippen molar-refractivity contribution in [3.63, 3.8) is 0 Å². The fourth-order valence-electron chi connectivity index (χ4n) is 9.08. The van der Waals surface area contributed by atoms with Crippen LogP contribution in [-0.4, -0.2) is 34.5 Å². The SMILES string of the molecule is CCCCCC[Si]1(CCCCCC)c2cc(C)sc2-c2s[c]([Sn]([CH3])([CH3])[CH3])cc21.CCCCCC[Si]1(CCCCCC)c2ccsc2-c2sccc21. The van der Waals surface area contributed by atoms with E-state index in [2.05, 4.69) is 107 Å². The van der Waals surface area contributed by atoms with Gasteiger partial charge in [-0.15, -0.1) is 22.7 Å². The standard InChI is InChI=1S/C21H31S2Si.C20H30S2Si.3CH3.Sn/c1-4-6-8-10-14-24(15-11-9-7-5-2)18-12-13-22-20(18)21-19(24)16-17(3)23-21;1-3-5-7-9-15-23(16-10-8-6-4-2)17-11-13-21-19(17)20-18(23)12-14-22-20;;;;/h12,16H,4-11,14-15H2,1-3H3;11-14H,3-10,15-16H2,1-2H3;3*1H3;. The van der Waals surface area contributed by atoms with Crippen molar-refractivity contribution in [2.75, 3.05) is 0 Å². The van der Waals surface area contributed by atoms with E-state index in [1.807, 2.05) is 35.9 Å². The molecule has 0 nitrogen and oxygen atoms in total. The van der Waals surface area contributed by atoms with Crippen molar-refractivity contribution in [1.29, 1.82) is 0 Å². The molecule has 0 amide bonds. The molecule has 6 rings (SSSR count). The molecule has 282 valence electrons. The Morgan fingerprint density at radius 1 is 0.471 bits per heavy atom. The molecule has 0 bridgehead atoms. The maximum Gasteiger partial charge on any atom is 0.122 e. The van der Waals surface area contributed by atoms with Crippen LogP contribution in [0.5, 0.6) is 0 Å². The Morgan fingerprint density at radius 2 is 0.863 bits per heavy atom. The van der Waals surface area contributed by atoms with E-state index in [4.69, 9.17) is 0 Å². The summed E-state index contributed by atoms with van der Waals surface area (Å²) in [5, 5.41) is 12.0. The predicted octanol–water partition coefficient (Wildman–Crippen LogP) is 13.9. The van der Waals surface area contributed by atoms with Crippen LogP contribution in [0.15, 0.2) is 35.0 Å². The Labute approximate surface area is 336 Å². The minimum Gasteiger partial charge on any atom is -0.143 e. The van der Waals surface area contributed by atoms with Gasteiger partial charge >= 0.3 is 188 Å². The number of thiophene rings is 4. The van der Waals surface area contributed by atoms with E-state index < -0.39 is 34.5 Å². The summed E-state index contributed by atoms with van der Waals surface area (Å²) >= 11 is 6.28. The largest absolute Gasteiger partial charge is 0.143 e. The molecule has 0 fully saturated rings. The van der Waals surface area contributed by atoms with Gasteiger partial charge in [-0.25, -0.2) is 0 Å². The Bertz CT molecular complexity index is 1570. The molecule has 2 aliphatic heterocycles. The second-order valence-electron chi connectivity index (χ2n) is 16.9. The van der Waals surface area contributed by atoms with Gasteiger partial charge in [0.25, 0.3) is 0 Å². The zero-order valence-corrected chi connectivity index (χ0v) is 41.9. The van der Waals surface area contributed by atoms with Gasteiger partial charge in [0.05, 0.1) is 0 Å². The summed E-state index contributed by atoms with van der Waals surface area (Å²) in [5.74, 6) is 0. The van der Waals surface area contributed by atoms with E-state index in [-0.39, 0.29) is 0 Å². The first kappa shape index (κ1) is 42.2. The third-order valence-corrected chi connectivity index (χ3v) is 37.0. The van der Waals surface area contributed by atoms with Gasteiger partial charge in [-0.2, -0.15) is 0 Å². The molecule has 0 radical (unpaired) electrons. The first-order valence-corrected chi connectivity index (χ1v) is 39.3. The van der Waals surface area contributed by atoms with Gasteiger partial charge in [-0.3, -0.25) is 0 Å². The first-order chi connectivity index (χ1) is 24.7. The molecule has 0 saturated heterocycles. The van der Waals surface area contributed by atoms with Crippen molar-refractivity contribution in [2.45, 2.75) is 176 Å². The van der Waals surface area contributed by atoms with Crippen molar-refractivity contribution in [3.05, 3.63) is 39.9 Å². The number of rotatable bonds is 21. The van der Waals surface area contributed by atoms with E-state index >= 15 is 0 Å². The van der Waals surface area contributed by atoms with Crippen molar-refractivity contribution in [3.8, 4) is 19.5 Å². The monoisotopic (exact) mass is 902 g/mol. The number of fused-ring (bicyclic) bond motifs is 6. The van der Waals surface area contributed by atoms with E-state index in [1.165, 1.54) is 127 Å². The van der Waals surface area contributed by atoms with Gasteiger partial charge in [0, 0.05) is 9.75 Å². The molecule has 0 aliphatic carbocycles. The second-order valence-corrected chi connectivity index (χ2v) is 45.0. The molecule has 0 atom stereocenters. The van der Waals surface area contributed by atoms with Crippen LogP contribution >= 0.6 is 45.3 Å². The van der Waals surface area contributed by atoms with Crippen LogP contribution in [0.2, 0.25) is 39.0 Å². The van der Waals surface area contributed by atoms with E-state index in [0.29, 0.717) is 0 Å². The molecule has 51 heavy (non-hydrogen) atoms. The molecule has 7 heteroatoms. The molecule has 0 spiro atoms. The van der Waals surface area contributed by atoms with E-state index in [0.717, 1.165) is 0 Å². The molecule has 0 N–H and O–H groups in total. The molecule has 4 aromatic heterocycles. The Kier molecular flexibility index (Phi) is 16.3. The van der Waals surface area contributed by atoms with Crippen molar-refractivity contribution in [1.82, 2.24) is 0 Å². The van der Waals surface area contributed by atoms with E-state index in [9.17, 15) is 0 Å². The minimum atomic E-state index is -2.02. The molecule has 0 saturated carbocycles. The zero-order valence-electron chi connectivity index (χ0n) is 33.7. The summed E-state index contributed by atoms with van der Waals surface area (Å²) in [6.45, 7) is 11.7. The third-order valence-electron chi connectivity index (χ3n) is 12.0. The number of unbranched alkanes of at least 4 members (excludes halogenated alkanes) is 12. The van der Waals surface area contributed by atoms with Crippen LogP contribution in [0, 0.1) is 6.92 Å². The van der Waals surface area contributed by atoms with Crippen LogP contribution in [0.1, 0.15) is 135 Å². The number of hydrogen-bond donors (Lipinski definition) is 0. The fraction of sp³-hybridized carbons (Fsp3) is 0.636. The Hall–Kier alpha value is 0.0325. The average Bonchev–Trinajstić information content (AvgIpc) is 3.95. The summed E-state index contributed by atoms with van der Waals surface area (Å²) in [5.41, 5.74) is 0. The average molecular weight is 902 g/mol. The van der Waals surface area contributed by atoms with Crippen LogP contribution in [0.4, 0.5) is 0 Å². The quantitative estimate of drug-likeness (QED) is 0.0577. The molecule has 0 unspecified atom stereocenters. The summed E-state index contributed by atoms with van der Waals surface area (Å²) in [7, 11) is -3.00. The van der Waals surface area contributed by atoms with Gasteiger partial charge in [0.15, 0.2) is 0 Å².